The summed E-state index contributed by atoms with van der Waals surface area (Å²) in [5, 5.41) is 8.53. The fourth-order valence-electron chi connectivity index (χ4n) is 1.41. The highest BCUT2D eigenvalue weighted by molar-refractivity contribution is 7.91. The number of benzene rings is 2. The standard InChI is InChI=1S/C8H10O3S.C6H6O3S/c1-7-2-4-8(5-3-7)12(10,11)6-9;7-10(8,9)6-4-2-1-3-5-6/h2-5,9H,6H2,1H3;1-5H,(H,7,8,9). The molecule has 0 bridgehead atoms. The van der Waals surface area contributed by atoms with Crippen molar-refractivity contribution in [1.82, 2.24) is 0 Å². The molecule has 0 aromatic heterocycles. The van der Waals surface area contributed by atoms with E-state index < -0.39 is 25.9 Å². The molecule has 120 valence electrons. The lowest BCUT2D eigenvalue weighted by Gasteiger charge is -1.99. The van der Waals surface area contributed by atoms with Crippen LogP contribution >= 0.6 is 0 Å². The summed E-state index contributed by atoms with van der Waals surface area (Å²) in [6.45, 7) is 1.87. The van der Waals surface area contributed by atoms with Crippen LogP contribution in [0.25, 0.3) is 0 Å². The summed E-state index contributed by atoms with van der Waals surface area (Å²) in [7, 11) is -7.46. The van der Waals surface area contributed by atoms with Crippen LogP contribution in [0, 0.1) is 6.92 Å². The Labute approximate surface area is 129 Å². The molecule has 0 aliphatic rings. The van der Waals surface area contributed by atoms with E-state index in [1.54, 1.807) is 30.3 Å². The quantitative estimate of drug-likeness (QED) is 0.820. The summed E-state index contributed by atoms with van der Waals surface area (Å²) in [5.41, 5.74) is 0.992. The molecule has 0 radical (unpaired) electrons. The second-order valence-electron chi connectivity index (χ2n) is 4.35. The first-order valence-electron chi connectivity index (χ1n) is 6.09. The minimum atomic E-state index is -4.00. The van der Waals surface area contributed by atoms with Gasteiger partial charge >= 0.3 is 0 Å². The highest BCUT2D eigenvalue weighted by atomic mass is 32.2. The molecule has 0 spiro atoms. The third-order valence-corrected chi connectivity index (χ3v) is 4.79. The van der Waals surface area contributed by atoms with Crippen LogP contribution in [0.1, 0.15) is 5.56 Å². The zero-order chi connectivity index (χ0) is 16.8. The number of aryl methyl sites for hydroxylation is 1. The van der Waals surface area contributed by atoms with Gasteiger partial charge in [0.25, 0.3) is 10.1 Å². The fraction of sp³-hybridized carbons (Fsp3) is 0.143. The van der Waals surface area contributed by atoms with E-state index in [0.29, 0.717) is 0 Å². The Morgan fingerprint density at radius 3 is 1.68 bits per heavy atom. The van der Waals surface area contributed by atoms with E-state index >= 15 is 0 Å². The number of hydrogen-bond acceptors (Lipinski definition) is 5. The molecule has 0 aliphatic carbocycles. The van der Waals surface area contributed by atoms with E-state index in [1.165, 1.54) is 24.3 Å². The molecule has 0 fully saturated rings. The maximum absolute atomic E-state index is 11.1. The topological polar surface area (TPSA) is 109 Å². The maximum atomic E-state index is 11.1. The van der Waals surface area contributed by atoms with Crippen LogP contribution in [0.5, 0.6) is 0 Å². The molecule has 0 unspecified atom stereocenters. The minimum Gasteiger partial charge on any atom is -0.380 e. The van der Waals surface area contributed by atoms with Gasteiger partial charge in [-0.15, -0.1) is 0 Å². The molecular formula is C14H16O6S2. The van der Waals surface area contributed by atoms with Gasteiger partial charge in [-0.1, -0.05) is 35.9 Å². The molecule has 22 heavy (non-hydrogen) atoms. The first-order chi connectivity index (χ1) is 10.2. The van der Waals surface area contributed by atoms with Crippen LogP contribution in [-0.4, -0.2) is 32.4 Å². The van der Waals surface area contributed by atoms with E-state index in [2.05, 4.69) is 0 Å². The van der Waals surface area contributed by atoms with Gasteiger partial charge in [0.1, 0.15) is 5.94 Å². The Balaban J connectivity index is 0.000000224. The predicted octanol–water partition coefficient (Wildman–Crippen LogP) is 1.65. The van der Waals surface area contributed by atoms with Crippen molar-refractivity contribution in [2.24, 2.45) is 0 Å². The van der Waals surface area contributed by atoms with Crippen LogP contribution in [0.2, 0.25) is 0 Å². The first-order valence-corrected chi connectivity index (χ1v) is 9.19. The molecule has 0 saturated carbocycles. The smallest absolute Gasteiger partial charge is 0.294 e. The monoisotopic (exact) mass is 344 g/mol. The van der Waals surface area contributed by atoms with E-state index in [9.17, 15) is 16.8 Å². The van der Waals surface area contributed by atoms with Gasteiger partial charge in [-0.25, -0.2) is 8.42 Å². The lowest BCUT2D eigenvalue weighted by molar-refractivity contribution is 0.358. The van der Waals surface area contributed by atoms with Gasteiger partial charge in [0, 0.05) is 0 Å². The summed E-state index contributed by atoms with van der Waals surface area (Å²) in [4.78, 5) is 0.0885. The Kier molecular flexibility index (Phi) is 6.24. The van der Waals surface area contributed by atoms with Gasteiger partial charge in [0.2, 0.25) is 9.84 Å². The Morgan fingerprint density at radius 2 is 1.32 bits per heavy atom. The number of sulfone groups is 1. The van der Waals surface area contributed by atoms with Crippen molar-refractivity contribution < 1.29 is 26.5 Å². The van der Waals surface area contributed by atoms with Crippen molar-refractivity contribution in [2.75, 3.05) is 5.94 Å². The molecule has 0 heterocycles. The molecule has 0 aliphatic heterocycles. The average Bonchev–Trinajstić information content (AvgIpc) is 2.48. The van der Waals surface area contributed by atoms with Crippen molar-refractivity contribution in [3.8, 4) is 0 Å². The zero-order valence-corrected chi connectivity index (χ0v) is 13.4. The van der Waals surface area contributed by atoms with E-state index in [0.717, 1.165) is 5.56 Å². The molecule has 8 heteroatoms. The van der Waals surface area contributed by atoms with Gasteiger partial charge in [-0.3, -0.25) is 4.55 Å². The molecule has 2 aromatic carbocycles. The van der Waals surface area contributed by atoms with Gasteiger partial charge in [-0.2, -0.15) is 8.42 Å². The van der Waals surface area contributed by atoms with Crippen LogP contribution < -0.4 is 0 Å². The molecule has 2 aromatic rings. The Hall–Kier alpha value is -1.74. The molecular weight excluding hydrogens is 328 g/mol. The van der Waals surface area contributed by atoms with Crippen molar-refractivity contribution in [3.63, 3.8) is 0 Å². The Bertz CT molecular complexity index is 794. The largest absolute Gasteiger partial charge is 0.380 e. The summed E-state index contributed by atoms with van der Waals surface area (Å²) >= 11 is 0. The van der Waals surface area contributed by atoms with Crippen LogP contribution in [-0.2, 0) is 20.0 Å². The number of hydrogen-bond donors (Lipinski definition) is 2. The van der Waals surface area contributed by atoms with Crippen molar-refractivity contribution in [1.29, 1.82) is 0 Å². The third-order valence-electron chi connectivity index (χ3n) is 2.59. The molecule has 2 rings (SSSR count). The number of rotatable bonds is 3. The first kappa shape index (κ1) is 18.3. The summed E-state index contributed by atoms with van der Waals surface area (Å²) in [5.74, 6) is -0.837. The summed E-state index contributed by atoms with van der Waals surface area (Å²) < 4.78 is 51.4. The van der Waals surface area contributed by atoms with Crippen molar-refractivity contribution in [2.45, 2.75) is 16.7 Å². The average molecular weight is 344 g/mol. The maximum Gasteiger partial charge on any atom is 0.294 e. The van der Waals surface area contributed by atoms with Crippen molar-refractivity contribution in [3.05, 3.63) is 60.2 Å². The predicted molar refractivity (Wildman–Crippen MR) is 81.7 cm³/mol. The fourth-order valence-corrected chi connectivity index (χ4v) is 2.61. The highest BCUT2D eigenvalue weighted by Crippen LogP contribution is 2.10. The second-order valence-corrected chi connectivity index (χ2v) is 7.73. The van der Waals surface area contributed by atoms with E-state index in [4.69, 9.17) is 9.66 Å². The van der Waals surface area contributed by atoms with Crippen LogP contribution in [0.15, 0.2) is 64.4 Å². The summed E-state index contributed by atoms with van der Waals surface area (Å²) in [6.07, 6.45) is 0. The van der Waals surface area contributed by atoms with E-state index in [-0.39, 0.29) is 9.79 Å². The minimum absolute atomic E-state index is 0.0741. The summed E-state index contributed by atoms with van der Waals surface area (Å²) in [6, 6.07) is 13.8. The molecule has 2 N–H and O–H groups in total. The highest BCUT2D eigenvalue weighted by Gasteiger charge is 2.10. The van der Waals surface area contributed by atoms with Gasteiger partial charge in [-0.05, 0) is 31.2 Å². The lowest BCUT2D eigenvalue weighted by Crippen LogP contribution is -2.05. The molecule has 0 amide bonds. The zero-order valence-electron chi connectivity index (χ0n) is 11.7. The second kappa shape index (κ2) is 7.50. The normalized spacial score (nSPS) is 11.4. The molecule has 0 atom stereocenters. The van der Waals surface area contributed by atoms with Crippen LogP contribution in [0.4, 0.5) is 0 Å². The van der Waals surface area contributed by atoms with Gasteiger partial charge < -0.3 is 5.11 Å². The number of aliphatic hydroxyl groups is 1. The van der Waals surface area contributed by atoms with Crippen molar-refractivity contribution >= 4 is 20.0 Å². The number of aliphatic hydroxyl groups excluding tert-OH is 1. The van der Waals surface area contributed by atoms with E-state index in [1.807, 2.05) is 6.92 Å². The SMILES string of the molecule is Cc1ccc(S(=O)(=O)CO)cc1.O=S(=O)(O)c1ccccc1. The third kappa shape index (κ3) is 5.57. The van der Waals surface area contributed by atoms with Crippen LogP contribution in [0.3, 0.4) is 0 Å². The van der Waals surface area contributed by atoms with Gasteiger partial charge in [0.15, 0.2) is 0 Å². The molecule has 0 saturated heterocycles. The van der Waals surface area contributed by atoms with Gasteiger partial charge in [0.05, 0.1) is 9.79 Å². The Morgan fingerprint density at radius 1 is 0.818 bits per heavy atom. The molecule has 6 nitrogen and oxygen atoms in total. The lowest BCUT2D eigenvalue weighted by atomic mass is 10.2.